The molecule has 0 spiro atoms. The molecular formula is C13H7Cl2F3O. The van der Waals surface area contributed by atoms with E-state index in [1.54, 1.807) is 24.3 Å². The largest absolute Gasteiger partial charge is 0.573 e. The van der Waals surface area contributed by atoms with Gasteiger partial charge in [-0.3, -0.25) is 0 Å². The average Bonchev–Trinajstić information content (AvgIpc) is 2.29. The van der Waals surface area contributed by atoms with Gasteiger partial charge in [0.15, 0.2) is 0 Å². The zero-order valence-corrected chi connectivity index (χ0v) is 10.9. The molecule has 0 radical (unpaired) electrons. The number of hydrogen-bond acceptors (Lipinski definition) is 1. The second-order valence-electron chi connectivity index (χ2n) is 3.64. The molecule has 0 saturated heterocycles. The molecule has 2 rings (SSSR count). The number of benzene rings is 2. The maximum absolute atomic E-state index is 12.3. The molecule has 0 atom stereocenters. The fraction of sp³-hybridized carbons (Fsp3) is 0.0769. The highest BCUT2D eigenvalue weighted by Crippen LogP contribution is 2.40. The number of alkyl halides is 3. The zero-order chi connectivity index (χ0) is 14.0. The fourth-order valence-corrected chi connectivity index (χ4v) is 2.24. The third-order valence-corrected chi connectivity index (χ3v) is 2.97. The van der Waals surface area contributed by atoms with E-state index >= 15 is 0 Å². The highest BCUT2D eigenvalue weighted by Gasteiger charge is 2.32. The van der Waals surface area contributed by atoms with E-state index in [0.29, 0.717) is 5.56 Å². The Hall–Kier alpha value is -1.39. The van der Waals surface area contributed by atoms with E-state index in [2.05, 4.69) is 4.74 Å². The summed E-state index contributed by atoms with van der Waals surface area (Å²) in [6.45, 7) is 0. The predicted molar refractivity (Wildman–Crippen MR) is 68.6 cm³/mol. The third kappa shape index (κ3) is 3.33. The zero-order valence-electron chi connectivity index (χ0n) is 9.34. The lowest BCUT2D eigenvalue weighted by atomic mass is 10.0. The van der Waals surface area contributed by atoms with E-state index in [1.165, 1.54) is 18.2 Å². The van der Waals surface area contributed by atoms with Crippen LogP contribution in [0.15, 0.2) is 42.5 Å². The van der Waals surface area contributed by atoms with Gasteiger partial charge in [-0.2, -0.15) is 0 Å². The van der Waals surface area contributed by atoms with E-state index in [4.69, 9.17) is 23.2 Å². The lowest BCUT2D eigenvalue weighted by Crippen LogP contribution is -2.17. The van der Waals surface area contributed by atoms with Crippen molar-refractivity contribution in [1.82, 2.24) is 0 Å². The standard InChI is InChI=1S/C13H7Cl2F3O/c14-9-5-3-6-10(15)12(9)8-4-1-2-7-11(8)19-13(16,17)18/h1-7H. The van der Waals surface area contributed by atoms with Gasteiger partial charge in [-0.1, -0.05) is 47.5 Å². The van der Waals surface area contributed by atoms with E-state index in [0.717, 1.165) is 0 Å². The monoisotopic (exact) mass is 306 g/mol. The highest BCUT2D eigenvalue weighted by atomic mass is 35.5. The number of ether oxygens (including phenoxy) is 1. The molecule has 100 valence electrons. The van der Waals surface area contributed by atoms with E-state index in [-0.39, 0.29) is 21.4 Å². The minimum absolute atomic E-state index is 0.190. The van der Waals surface area contributed by atoms with Gasteiger partial charge in [0, 0.05) is 11.1 Å². The second-order valence-corrected chi connectivity index (χ2v) is 4.46. The molecule has 0 fully saturated rings. The lowest BCUT2D eigenvalue weighted by molar-refractivity contribution is -0.274. The van der Waals surface area contributed by atoms with Crippen molar-refractivity contribution >= 4 is 23.2 Å². The Kier molecular flexibility index (Phi) is 3.92. The van der Waals surface area contributed by atoms with Crippen molar-refractivity contribution in [3.8, 4) is 16.9 Å². The van der Waals surface area contributed by atoms with Gasteiger partial charge in [0.1, 0.15) is 5.75 Å². The second kappa shape index (κ2) is 5.31. The minimum atomic E-state index is -4.77. The van der Waals surface area contributed by atoms with Gasteiger partial charge < -0.3 is 4.74 Å². The molecule has 0 aliphatic heterocycles. The van der Waals surface area contributed by atoms with E-state index in [9.17, 15) is 13.2 Å². The molecule has 1 nitrogen and oxygen atoms in total. The van der Waals surface area contributed by atoms with Crippen molar-refractivity contribution in [1.29, 1.82) is 0 Å². The van der Waals surface area contributed by atoms with Crippen LogP contribution in [-0.2, 0) is 0 Å². The molecule has 0 N–H and O–H groups in total. The Morgan fingerprint density at radius 3 is 2.00 bits per heavy atom. The summed E-state index contributed by atoms with van der Waals surface area (Å²) in [5.74, 6) is -0.343. The summed E-state index contributed by atoms with van der Waals surface area (Å²) in [5.41, 5.74) is 0.501. The number of para-hydroxylation sites is 1. The maximum Gasteiger partial charge on any atom is 0.573 e. The Bertz CT molecular complexity index is 576. The van der Waals surface area contributed by atoms with Crippen LogP contribution in [0.5, 0.6) is 5.75 Å². The van der Waals surface area contributed by atoms with Gasteiger partial charge in [0.2, 0.25) is 0 Å². The molecule has 19 heavy (non-hydrogen) atoms. The minimum Gasteiger partial charge on any atom is -0.405 e. The van der Waals surface area contributed by atoms with Gasteiger partial charge in [-0.05, 0) is 18.2 Å². The first-order valence-corrected chi connectivity index (χ1v) is 5.93. The molecule has 0 aliphatic rings. The van der Waals surface area contributed by atoms with Crippen LogP contribution in [0.25, 0.3) is 11.1 Å². The summed E-state index contributed by atoms with van der Waals surface area (Å²) < 4.78 is 41.0. The lowest BCUT2D eigenvalue weighted by Gasteiger charge is -2.14. The van der Waals surface area contributed by atoms with E-state index in [1.807, 2.05) is 0 Å². The fourth-order valence-electron chi connectivity index (χ4n) is 1.64. The van der Waals surface area contributed by atoms with Crippen molar-refractivity contribution in [2.24, 2.45) is 0 Å². The molecule has 2 aromatic rings. The van der Waals surface area contributed by atoms with E-state index < -0.39 is 6.36 Å². The molecule has 0 amide bonds. The Morgan fingerprint density at radius 1 is 0.842 bits per heavy atom. The molecule has 0 bridgehead atoms. The van der Waals surface area contributed by atoms with Gasteiger partial charge in [-0.15, -0.1) is 13.2 Å². The third-order valence-electron chi connectivity index (χ3n) is 2.34. The maximum atomic E-state index is 12.3. The molecule has 0 saturated carbocycles. The quantitative estimate of drug-likeness (QED) is 0.706. The summed E-state index contributed by atoms with van der Waals surface area (Å²) in [6.07, 6.45) is -4.77. The summed E-state index contributed by atoms with van der Waals surface area (Å²) in [4.78, 5) is 0. The average molecular weight is 307 g/mol. The summed E-state index contributed by atoms with van der Waals surface area (Å²) in [5, 5.41) is 0.511. The van der Waals surface area contributed by atoms with Crippen LogP contribution in [0.3, 0.4) is 0 Å². The van der Waals surface area contributed by atoms with Crippen molar-refractivity contribution in [3.63, 3.8) is 0 Å². The van der Waals surface area contributed by atoms with Gasteiger partial charge in [-0.25, -0.2) is 0 Å². The first kappa shape index (κ1) is 14.0. The van der Waals surface area contributed by atoms with Gasteiger partial charge >= 0.3 is 6.36 Å². The van der Waals surface area contributed by atoms with Crippen molar-refractivity contribution in [3.05, 3.63) is 52.5 Å². The van der Waals surface area contributed by atoms with Crippen LogP contribution in [0.1, 0.15) is 0 Å². The van der Waals surface area contributed by atoms with Crippen LogP contribution in [0.4, 0.5) is 13.2 Å². The topological polar surface area (TPSA) is 9.23 Å². The summed E-state index contributed by atoms with van der Waals surface area (Å²) in [7, 11) is 0. The number of halogens is 5. The van der Waals surface area contributed by atoms with Crippen LogP contribution in [-0.4, -0.2) is 6.36 Å². The summed E-state index contributed by atoms with van der Waals surface area (Å²) >= 11 is 12.0. The van der Waals surface area contributed by atoms with Crippen LogP contribution < -0.4 is 4.74 Å². The molecule has 0 aromatic heterocycles. The molecule has 0 heterocycles. The van der Waals surface area contributed by atoms with Crippen molar-refractivity contribution < 1.29 is 17.9 Å². The van der Waals surface area contributed by atoms with Crippen molar-refractivity contribution in [2.75, 3.05) is 0 Å². The molecular weight excluding hydrogens is 300 g/mol. The number of hydrogen-bond donors (Lipinski definition) is 0. The van der Waals surface area contributed by atoms with Crippen LogP contribution in [0, 0.1) is 0 Å². The predicted octanol–water partition coefficient (Wildman–Crippen LogP) is 5.56. The molecule has 2 aromatic carbocycles. The molecule has 0 unspecified atom stereocenters. The normalized spacial score (nSPS) is 11.4. The first-order valence-electron chi connectivity index (χ1n) is 5.17. The molecule has 0 aliphatic carbocycles. The Morgan fingerprint density at radius 2 is 1.42 bits per heavy atom. The Balaban J connectivity index is 2.57. The highest BCUT2D eigenvalue weighted by molar-refractivity contribution is 6.39. The first-order chi connectivity index (χ1) is 8.88. The van der Waals surface area contributed by atoms with Crippen LogP contribution >= 0.6 is 23.2 Å². The van der Waals surface area contributed by atoms with Gasteiger partial charge in [0.25, 0.3) is 0 Å². The SMILES string of the molecule is FC(F)(F)Oc1ccccc1-c1c(Cl)cccc1Cl. The summed E-state index contributed by atoms with van der Waals surface area (Å²) in [6, 6.07) is 10.4. The number of rotatable bonds is 2. The van der Waals surface area contributed by atoms with Crippen molar-refractivity contribution in [2.45, 2.75) is 6.36 Å². The smallest absolute Gasteiger partial charge is 0.405 e. The van der Waals surface area contributed by atoms with Crippen LogP contribution in [0.2, 0.25) is 10.0 Å². The Labute approximate surface area is 117 Å². The van der Waals surface area contributed by atoms with Gasteiger partial charge in [0.05, 0.1) is 10.0 Å². The molecule has 6 heteroatoms.